The quantitative estimate of drug-likeness (QED) is 0.433. The molecule has 10 nitrogen and oxygen atoms in total. The predicted octanol–water partition coefficient (Wildman–Crippen LogP) is 2.26. The van der Waals surface area contributed by atoms with E-state index in [-0.39, 0.29) is 10.8 Å². The number of anilines is 3. The van der Waals surface area contributed by atoms with Crippen molar-refractivity contribution in [1.82, 2.24) is 19.8 Å². The molecular weight excluding hydrogens is 466 g/mol. The Morgan fingerprint density at radius 1 is 1.11 bits per heavy atom. The summed E-state index contributed by atoms with van der Waals surface area (Å²) < 4.78 is 23.1. The second-order valence-corrected chi connectivity index (χ2v) is 10.3. The minimum absolute atomic E-state index is 0.0425. The molecule has 0 unspecified atom stereocenters. The van der Waals surface area contributed by atoms with Crippen molar-refractivity contribution in [2.24, 2.45) is 5.14 Å². The van der Waals surface area contributed by atoms with Gasteiger partial charge in [-0.2, -0.15) is 0 Å². The smallest absolute Gasteiger partial charge is 0.253 e. The van der Waals surface area contributed by atoms with Crippen molar-refractivity contribution in [3.05, 3.63) is 72.1 Å². The number of aromatic nitrogens is 2. The molecule has 0 saturated carbocycles. The fraction of sp³-hybridized carbons (Fsp3) is 0.292. The monoisotopic (exact) mass is 495 g/mol. The Balaban J connectivity index is 1.36. The molecule has 4 N–H and O–H groups in total. The first-order valence-corrected chi connectivity index (χ1v) is 12.7. The van der Waals surface area contributed by atoms with Crippen molar-refractivity contribution in [2.75, 3.05) is 37.8 Å². The third-order valence-electron chi connectivity index (χ3n) is 5.95. The molecule has 0 spiro atoms. The Morgan fingerprint density at radius 3 is 2.54 bits per heavy atom. The molecule has 1 aromatic heterocycles. The van der Waals surface area contributed by atoms with Crippen molar-refractivity contribution in [2.45, 2.75) is 23.9 Å². The molecule has 1 fully saturated rings. The zero-order valence-corrected chi connectivity index (χ0v) is 20.5. The molecular formula is C24H29N7O3S. The zero-order valence-electron chi connectivity index (χ0n) is 19.7. The lowest BCUT2D eigenvalue weighted by molar-refractivity contribution is 0.0783. The normalized spacial score (nSPS) is 15.9. The van der Waals surface area contributed by atoms with E-state index in [0.29, 0.717) is 29.8 Å². The van der Waals surface area contributed by atoms with Gasteiger partial charge >= 0.3 is 0 Å². The number of carbonyl (C=O) groups is 1. The summed E-state index contributed by atoms with van der Waals surface area (Å²) in [5.41, 5.74) is 2.20. The standard InChI is InChI=1S/C24H29N7O3S/c1-30(2)20-10-11-31(15-20)24(32)18-6-8-19(9-7-18)29-23-13-22(27-16-28-23)26-14-17-4-3-5-21(12-17)35(25,33)34/h3-9,12-13,16,20H,10-11,14-15H2,1-2H3,(H2,25,33,34)(H2,26,27,28,29)/t20-/m1/s1. The van der Waals surface area contributed by atoms with Crippen LogP contribution in [0.15, 0.2) is 65.8 Å². The van der Waals surface area contributed by atoms with Crippen LogP contribution in [0.25, 0.3) is 0 Å². The number of carbonyl (C=O) groups excluding carboxylic acids is 1. The average Bonchev–Trinajstić information content (AvgIpc) is 3.34. The molecule has 184 valence electrons. The third-order valence-corrected chi connectivity index (χ3v) is 6.86. The van der Waals surface area contributed by atoms with Crippen molar-refractivity contribution >= 4 is 33.3 Å². The first-order chi connectivity index (χ1) is 16.7. The number of likely N-dealkylation sites (tertiary alicyclic amines) is 1. The topological polar surface area (TPSA) is 134 Å². The van der Waals surface area contributed by atoms with Crippen LogP contribution < -0.4 is 15.8 Å². The molecule has 0 radical (unpaired) electrons. The van der Waals surface area contributed by atoms with Gasteiger partial charge in [0.05, 0.1) is 4.90 Å². The Bertz CT molecular complexity index is 1300. The number of rotatable bonds is 8. The molecule has 1 saturated heterocycles. The van der Waals surface area contributed by atoms with Gasteiger partial charge in [0, 0.05) is 43.0 Å². The van der Waals surface area contributed by atoms with Crippen LogP contribution in [0, 0.1) is 0 Å². The minimum Gasteiger partial charge on any atom is -0.366 e. The number of benzene rings is 2. The number of amides is 1. The first-order valence-electron chi connectivity index (χ1n) is 11.2. The van der Waals surface area contributed by atoms with Gasteiger partial charge in [0.15, 0.2) is 0 Å². The van der Waals surface area contributed by atoms with E-state index in [0.717, 1.165) is 30.8 Å². The van der Waals surface area contributed by atoms with Gasteiger partial charge in [0.1, 0.15) is 18.0 Å². The summed E-state index contributed by atoms with van der Waals surface area (Å²) in [7, 11) is 0.323. The Labute approximate surface area is 205 Å². The maximum absolute atomic E-state index is 12.8. The van der Waals surface area contributed by atoms with Gasteiger partial charge in [0.2, 0.25) is 10.0 Å². The van der Waals surface area contributed by atoms with Crippen LogP contribution in [-0.2, 0) is 16.6 Å². The number of primary sulfonamides is 1. The third kappa shape index (κ3) is 6.32. The molecule has 1 atom stereocenters. The average molecular weight is 496 g/mol. The zero-order chi connectivity index (χ0) is 25.0. The van der Waals surface area contributed by atoms with Gasteiger partial charge in [0.25, 0.3) is 5.91 Å². The summed E-state index contributed by atoms with van der Waals surface area (Å²) in [6.45, 7) is 1.88. The summed E-state index contributed by atoms with van der Waals surface area (Å²) in [5, 5.41) is 11.6. The van der Waals surface area contributed by atoms with E-state index in [1.54, 1.807) is 18.2 Å². The maximum atomic E-state index is 12.8. The number of sulfonamides is 1. The van der Waals surface area contributed by atoms with Crippen LogP contribution >= 0.6 is 0 Å². The summed E-state index contributed by atoms with van der Waals surface area (Å²) in [5.74, 6) is 1.19. The van der Waals surface area contributed by atoms with Gasteiger partial charge in [-0.3, -0.25) is 4.79 Å². The highest BCUT2D eigenvalue weighted by molar-refractivity contribution is 7.89. The van der Waals surface area contributed by atoms with Crippen LogP contribution in [0.4, 0.5) is 17.3 Å². The Hall–Kier alpha value is -3.54. The largest absolute Gasteiger partial charge is 0.366 e. The fourth-order valence-electron chi connectivity index (χ4n) is 3.92. The van der Waals surface area contributed by atoms with Crippen LogP contribution in [0.5, 0.6) is 0 Å². The van der Waals surface area contributed by atoms with Crippen molar-refractivity contribution in [3.63, 3.8) is 0 Å². The summed E-state index contributed by atoms with van der Waals surface area (Å²) in [4.78, 5) is 25.4. The Kier molecular flexibility index (Phi) is 7.29. The fourth-order valence-corrected chi connectivity index (χ4v) is 4.51. The minimum atomic E-state index is -3.76. The second kappa shape index (κ2) is 10.4. The van der Waals surface area contributed by atoms with E-state index in [2.05, 4.69) is 25.5 Å². The highest BCUT2D eigenvalue weighted by atomic mass is 32.2. The molecule has 11 heteroatoms. The van der Waals surface area contributed by atoms with Crippen LogP contribution in [0.2, 0.25) is 0 Å². The molecule has 3 aromatic rings. The van der Waals surface area contributed by atoms with Crippen LogP contribution in [0.1, 0.15) is 22.3 Å². The number of hydrogen-bond donors (Lipinski definition) is 3. The molecule has 1 aliphatic heterocycles. The van der Waals surface area contributed by atoms with E-state index in [1.807, 2.05) is 43.3 Å². The lowest BCUT2D eigenvalue weighted by atomic mass is 10.2. The molecule has 1 amide bonds. The SMILES string of the molecule is CN(C)[C@@H]1CCN(C(=O)c2ccc(Nc3cc(NCc4cccc(S(N)(=O)=O)c4)ncn3)cc2)C1. The molecule has 1 aliphatic rings. The number of nitrogens with zero attached hydrogens (tertiary/aromatic N) is 4. The number of nitrogens with one attached hydrogen (secondary N) is 2. The van der Waals surface area contributed by atoms with E-state index >= 15 is 0 Å². The van der Waals surface area contributed by atoms with Gasteiger partial charge in [-0.05, 0) is 62.5 Å². The summed E-state index contributed by atoms with van der Waals surface area (Å²) in [6.07, 6.45) is 2.41. The van der Waals surface area contributed by atoms with E-state index in [4.69, 9.17) is 5.14 Å². The number of nitrogens with two attached hydrogens (primary N) is 1. The predicted molar refractivity (Wildman–Crippen MR) is 135 cm³/mol. The highest BCUT2D eigenvalue weighted by Crippen LogP contribution is 2.20. The second-order valence-electron chi connectivity index (χ2n) is 8.69. The lowest BCUT2D eigenvalue weighted by Gasteiger charge is -2.20. The van der Waals surface area contributed by atoms with Gasteiger partial charge < -0.3 is 20.4 Å². The summed E-state index contributed by atoms with van der Waals surface area (Å²) >= 11 is 0. The highest BCUT2D eigenvalue weighted by Gasteiger charge is 2.27. The maximum Gasteiger partial charge on any atom is 0.253 e. The molecule has 0 aliphatic carbocycles. The van der Waals surface area contributed by atoms with Crippen molar-refractivity contribution < 1.29 is 13.2 Å². The van der Waals surface area contributed by atoms with Crippen molar-refractivity contribution in [3.8, 4) is 0 Å². The molecule has 35 heavy (non-hydrogen) atoms. The first kappa shape index (κ1) is 24.6. The van der Waals surface area contributed by atoms with E-state index in [1.165, 1.54) is 18.5 Å². The van der Waals surface area contributed by atoms with E-state index in [9.17, 15) is 13.2 Å². The van der Waals surface area contributed by atoms with Gasteiger partial charge in [-0.15, -0.1) is 0 Å². The van der Waals surface area contributed by atoms with Crippen LogP contribution in [0.3, 0.4) is 0 Å². The van der Waals surface area contributed by atoms with Crippen molar-refractivity contribution in [1.29, 1.82) is 0 Å². The van der Waals surface area contributed by atoms with Gasteiger partial charge in [-0.25, -0.2) is 23.5 Å². The molecule has 4 rings (SSSR count). The molecule has 0 bridgehead atoms. The summed E-state index contributed by atoms with van der Waals surface area (Å²) in [6, 6.07) is 15.9. The molecule has 2 heterocycles. The van der Waals surface area contributed by atoms with E-state index < -0.39 is 10.0 Å². The number of hydrogen-bond acceptors (Lipinski definition) is 8. The number of likely N-dealkylation sites (N-methyl/N-ethyl adjacent to an activating group) is 1. The Morgan fingerprint density at radius 2 is 1.86 bits per heavy atom. The van der Waals surface area contributed by atoms with Crippen LogP contribution in [-0.4, -0.2) is 67.3 Å². The molecule has 2 aromatic carbocycles. The van der Waals surface area contributed by atoms with Gasteiger partial charge in [-0.1, -0.05) is 12.1 Å². The lowest BCUT2D eigenvalue weighted by Crippen LogP contribution is -2.34.